The molecule has 6 heteroatoms. The molecule has 0 unspecified atom stereocenters. The SMILES string of the molecule is NC(=O)CCCCNc1cn[nH]c(=O)c1. The van der Waals surface area contributed by atoms with Crippen LogP contribution in [0, 0.1) is 0 Å². The van der Waals surface area contributed by atoms with Crippen molar-refractivity contribution in [2.75, 3.05) is 11.9 Å². The Kier molecular flexibility index (Phi) is 4.33. The van der Waals surface area contributed by atoms with E-state index < -0.39 is 0 Å². The number of nitrogens with one attached hydrogen (secondary N) is 2. The van der Waals surface area contributed by atoms with Crippen LogP contribution in [0.2, 0.25) is 0 Å². The molecular formula is C9H14N4O2. The van der Waals surface area contributed by atoms with E-state index in [1.54, 1.807) is 0 Å². The highest BCUT2D eigenvalue weighted by Crippen LogP contribution is 2.00. The van der Waals surface area contributed by atoms with Crippen molar-refractivity contribution in [3.63, 3.8) is 0 Å². The van der Waals surface area contributed by atoms with E-state index in [0.29, 0.717) is 18.7 Å². The molecule has 1 aromatic rings. The number of primary amides is 1. The number of amides is 1. The van der Waals surface area contributed by atoms with Gasteiger partial charge in [-0.2, -0.15) is 5.10 Å². The predicted molar refractivity (Wildman–Crippen MR) is 56.4 cm³/mol. The highest BCUT2D eigenvalue weighted by molar-refractivity contribution is 5.73. The second-order valence-corrected chi connectivity index (χ2v) is 3.18. The standard InChI is InChI=1S/C9H14N4O2/c10-8(14)3-1-2-4-11-7-5-9(15)13-12-6-7/h5-6H,1-4H2,(H2,10,14)(H2,11,13,15). The number of H-pyrrole nitrogens is 1. The molecule has 0 radical (unpaired) electrons. The van der Waals surface area contributed by atoms with Crippen LogP contribution in [0.5, 0.6) is 0 Å². The smallest absolute Gasteiger partial charge is 0.266 e. The largest absolute Gasteiger partial charge is 0.384 e. The Balaban J connectivity index is 2.20. The van der Waals surface area contributed by atoms with Gasteiger partial charge in [-0.1, -0.05) is 0 Å². The molecule has 1 amide bonds. The first kappa shape index (κ1) is 11.2. The summed E-state index contributed by atoms with van der Waals surface area (Å²) in [6.45, 7) is 0.693. The average Bonchev–Trinajstić information content (AvgIpc) is 2.17. The van der Waals surface area contributed by atoms with E-state index in [1.807, 2.05) is 0 Å². The molecule has 4 N–H and O–H groups in total. The van der Waals surface area contributed by atoms with Gasteiger partial charge in [-0.25, -0.2) is 5.10 Å². The summed E-state index contributed by atoms with van der Waals surface area (Å²) >= 11 is 0. The molecule has 0 saturated carbocycles. The van der Waals surface area contributed by atoms with Gasteiger partial charge in [0.1, 0.15) is 0 Å². The third kappa shape index (κ3) is 4.80. The topological polar surface area (TPSA) is 101 Å². The lowest BCUT2D eigenvalue weighted by Gasteiger charge is -2.03. The Morgan fingerprint density at radius 2 is 2.33 bits per heavy atom. The van der Waals surface area contributed by atoms with Gasteiger partial charge in [0.25, 0.3) is 5.56 Å². The normalized spacial score (nSPS) is 9.87. The minimum absolute atomic E-state index is 0.239. The van der Waals surface area contributed by atoms with Crippen molar-refractivity contribution in [1.82, 2.24) is 10.2 Å². The maximum Gasteiger partial charge on any atom is 0.266 e. The molecule has 1 aromatic heterocycles. The number of hydrogen-bond acceptors (Lipinski definition) is 4. The molecule has 1 rings (SSSR count). The van der Waals surface area contributed by atoms with Crippen LogP contribution < -0.4 is 16.6 Å². The van der Waals surface area contributed by atoms with Gasteiger partial charge in [-0.3, -0.25) is 9.59 Å². The number of nitrogens with two attached hydrogens (primary N) is 1. The van der Waals surface area contributed by atoms with Crippen LogP contribution in [0.25, 0.3) is 0 Å². The fourth-order valence-corrected chi connectivity index (χ4v) is 1.13. The van der Waals surface area contributed by atoms with Gasteiger partial charge in [0.2, 0.25) is 5.91 Å². The predicted octanol–water partition coefficient (Wildman–Crippen LogP) is -0.163. The summed E-state index contributed by atoms with van der Waals surface area (Å²) in [5.41, 5.74) is 5.43. The van der Waals surface area contributed by atoms with E-state index in [9.17, 15) is 9.59 Å². The number of carbonyl (C=O) groups is 1. The Morgan fingerprint density at radius 3 is 3.00 bits per heavy atom. The van der Waals surface area contributed by atoms with Crippen LogP contribution in [-0.4, -0.2) is 22.6 Å². The quantitative estimate of drug-likeness (QED) is 0.568. The van der Waals surface area contributed by atoms with E-state index in [-0.39, 0.29) is 11.5 Å². The number of carbonyl (C=O) groups excluding carboxylic acids is 1. The molecule has 0 bridgehead atoms. The molecule has 15 heavy (non-hydrogen) atoms. The van der Waals surface area contributed by atoms with E-state index in [4.69, 9.17) is 5.73 Å². The van der Waals surface area contributed by atoms with Gasteiger partial charge in [0.05, 0.1) is 11.9 Å². The highest BCUT2D eigenvalue weighted by Gasteiger charge is 1.95. The molecular weight excluding hydrogens is 196 g/mol. The molecule has 0 atom stereocenters. The van der Waals surface area contributed by atoms with Crippen molar-refractivity contribution in [3.8, 4) is 0 Å². The molecule has 0 aliphatic carbocycles. The summed E-state index contributed by atoms with van der Waals surface area (Å²) in [4.78, 5) is 21.3. The second-order valence-electron chi connectivity index (χ2n) is 3.18. The highest BCUT2D eigenvalue weighted by atomic mass is 16.1. The lowest BCUT2D eigenvalue weighted by atomic mass is 10.2. The third-order valence-corrected chi connectivity index (χ3v) is 1.84. The lowest BCUT2D eigenvalue weighted by Crippen LogP contribution is -2.12. The van der Waals surface area contributed by atoms with Crippen LogP contribution in [-0.2, 0) is 4.79 Å². The van der Waals surface area contributed by atoms with Crippen molar-refractivity contribution >= 4 is 11.6 Å². The van der Waals surface area contributed by atoms with Crippen molar-refractivity contribution in [1.29, 1.82) is 0 Å². The summed E-state index contributed by atoms with van der Waals surface area (Å²) in [5.74, 6) is -0.284. The number of unbranched alkanes of at least 4 members (excludes halogenated alkanes) is 1. The van der Waals surface area contributed by atoms with E-state index >= 15 is 0 Å². The third-order valence-electron chi connectivity index (χ3n) is 1.84. The van der Waals surface area contributed by atoms with Crippen LogP contribution in [0.15, 0.2) is 17.1 Å². The summed E-state index contributed by atoms with van der Waals surface area (Å²) in [7, 11) is 0. The zero-order valence-electron chi connectivity index (χ0n) is 8.32. The molecule has 0 saturated heterocycles. The van der Waals surface area contributed by atoms with Crippen LogP contribution in [0.3, 0.4) is 0 Å². The fourth-order valence-electron chi connectivity index (χ4n) is 1.13. The van der Waals surface area contributed by atoms with Crippen molar-refractivity contribution in [2.24, 2.45) is 5.73 Å². The van der Waals surface area contributed by atoms with Crippen LogP contribution >= 0.6 is 0 Å². The average molecular weight is 210 g/mol. The van der Waals surface area contributed by atoms with Crippen molar-refractivity contribution in [3.05, 3.63) is 22.6 Å². The van der Waals surface area contributed by atoms with E-state index in [0.717, 1.165) is 12.8 Å². The molecule has 0 fully saturated rings. The van der Waals surface area contributed by atoms with Crippen molar-refractivity contribution in [2.45, 2.75) is 19.3 Å². The molecule has 1 heterocycles. The summed E-state index contributed by atoms with van der Waals surface area (Å²) in [6.07, 6.45) is 3.51. The summed E-state index contributed by atoms with van der Waals surface area (Å²) in [5, 5.41) is 8.94. The van der Waals surface area contributed by atoms with E-state index in [2.05, 4.69) is 15.5 Å². The molecule has 0 aliphatic heterocycles. The van der Waals surface area contributed by atoms with Crippen LogP contribution in [0.1, 0.15) is 19.3 Å². The fraction of sp³-hybridized carbons (Fsp3) is 0.444. The van der Waals surface area contributed by atoms with E-state index in [1.165, 1.54) is 12.3 Å². The van der Waals surface area contributed by atoms with Gasteiger partial charge in [0.15, 0.2) is 0 Å². The monoisotopic (exact) mass is 210 g/mol. The first-order valence-electron chi connectivity index (χ1n) is 4.75. The number of hydrogen-bond donors (Lipinski definition) is 3. The molecule has 0 spiro atoms. The number of anilines is 1. The zero-order valence-corrected chi connectivity index (χ0v) is 8.32. The number of rotatable bonds is 6. The zero-order chi connectivity index (χ0) is 11.1. The number of aromatic nitrogens is 2. The van der Waals surface area contributed by atoms with Gasteiger partial charge >= 0.3 is 0 Å². The van der Waals surface area contributed by atoms with Gasteiger partial charge in [-0.15, -0.1) is 0 Å². The summed E-state index contributed by atoms with van der Waals surface area (Å²) in [6, 6.07) is 1.43. The minimum Gasteiger partial charge on any atom is -0.384 e. The van der Waals surface area contributed by atoms with Gasteiger partial charge < -0.3 is 11.1 Å². The lowest BCUT2D eigenvalue weighted by molar-refractivity contribution is -0.118. The Morgan fingerprint density at radius 1 is 1.53 bits per heavy atom. The van der Waals surface area contributed by atoms with Gasteiger partial charge in [-0.05, 0) is 12.8 Å². The Labute approximate surface area is 86.9 Å². The molecule has 82 valence electrons. The molecule has 0 aromatic carbocycles. The Hall–Kier alpha value is -1.85. The summed E-state index contributed by atoms with van der Waals surface area (Å²) < 4.78 is 0. The number of nitrogens with zero attached hydrogens (tertiary/aromatic N) is 1. The first-order valence-corrected chi connectivity index (χ1v) is 4.75. The first-order chi connectivity index (χ1) is 7.18. The molecule has 0 aliphatic rings. The van der Waals surface area contributed by atoms with Crippen molar-refractivity contribution < 1.29 is 4.79 Å². The maximum atomic E-state index is 10.8. The maximum absolute atomic E-state index is 10.8. The van der Waals surface area contributed by atoms with Crippen LogP contribution in [0.4, 0.5) is 5.69 Å². The molecule has 6 nitrogen and oxygen atoms in total. The Bertz CT molecular complexity index is 374. The number of aromatic amines is 1. The van der Waals surface area contributed by atoms with Gasteiger partial charge in [0, 0.05) is 19.0 Å². The second kappa shape index (κ2) is 5.79. The minimum atomic E-state index is -0.284.